The Labute approximate surface area is 167 Å². The maximum Gasteiger partial charge on any atom is 0.335 e. The van der Waals surface area contributed by atoms with Crippen molar-refractivity contribution in [1.29, 1.82) is 0 Å². The topological polar surface area (TPSA) is 115 Å². The first kappa shape index (κ1) is 20.3. The second kappa shape index (κ2) is 8.30. The van der Waals surface area contributed by atoms with Crippen LogP contribution in [-0.4, -0.2) is 40.8 Å². The fraction of sp³-hybridized carbons (Fsp3) is 0.333. The molecule has 0 aliphatic heterocycles. The Morgan fingerprint density at radius 2 is 2.03 bits per heavy atom. The van der Waals surface area contributed by atoms with Crippen molar-refractivity contribution in [3.05, 3.63) is 52.3 Å². The number of methoxy groups -OCH3 is 1. The van der Waals surface area contributed by atoms with Gasteiger partial charge >= 0.3 is 5.97 Å². The molecule has 8 nitrogen and oxygen atoms in total. The Balaban J connectivity index is 1.78. The summed E-state index contributed by atoms with van der Waals surface area (Å²) in [5, 5.41) is 16.5. The van der Waals surface area contributed by atoms with E-state index < -0.39 is 5.97 Å². The molecule has 2 N–H and O–H groups in total. The van der Waals surface area contributed by atoms with Crippen molar-refractivity contribution >= 4 is 23.0 Å². The molecule has 2 heterocycles. The monoisotopic (exact) mass is 397 g/mol. The molecule has 0 spiro atoms. The summed E-state index contributed by atoms with van der Waals surface area (Å²) >= 11 is 0. The molecule has 0 aliphatic rings. The van der Waals surface area contributed by atoms with Gasteiger partial charge in [-0.05, 0) is 43.0 Å². The SMILES string of the molecule is COc1cc(C(=O)O)ccc1CCNC(=O)c1cc(C(C)C)nc2onc(C)c12. The lowest BCUT2D eigenvalue weighted by Gasteiger charge is -2.12. The highest BCUT2D eigenvalue weighted by Gasteiger charge is 2.19. The number of rotatable bonds is 7. The van der Waals surface area contributed by atoms with E-state index >= 15 is 0 Å². The summed E-state index contributed by atoms with van der Waals surface area (Å²) in [7, 11) is 1.48. The number of hydrogen-bond donors (Lipinski definition) is 2. The fourth-order valence-electron chi connectivity index (χ4n) is 3.08. The molecule has 1 amide bonds. The molecule has 0 saturated carbocycles. The number of aromatic carboxylic acids is 1. The molecule has 29 heavy (non-hydrogen) atoms. The van der Waals surface area contributed by atoms with Crippen LogP contribution in [0.15, 0.2) is 28.8 Å². The van der Waals surface area contributed by atoms with Crippen LogP contribution in [0, 0.1) is 6.92 Å². The Hall–Kier alpha value is -3.42. The van der Waals surface area contributed by atoms with Gasteiger partial charge in [-0.15, -0.1) is 0 Å². The predicted molar refractivity (Wildman–Crippen MR) is 107 cm³/mol. The number of aryl methyl sites for hydroxylation is 1. The summed E-state index contributed by atoms with van der Waals surface area (Å²) < 4.78 is 10.5. The molecule has 2 aromatic heterocycles. The van der Waals surface area contributed by atoms with Crippen molar-refractivity contribution in [3.63, 3.8) is 0 Å². The highest BCUT2D eigenvalue weighted by Crippen LogP contribution is 2.25. The van der Waals surface area contributed by atoms with Gasteiger partial charge in [0.15, 0.2) is 0 Å². The summed E-state index contributed by atoms with van der Waals surface area (Å²) in [4.78, 5) is 28.4. The van der Waals surface area contributed by atoms with Crippen LogP contribution in [0.25, 0.3) is 11.1 Å². The highest BCUT2D eigenvalue weighted by molar-refractivity contribution is 6.06. The molecule has 8 heteroatoms. The highest BCUT2D eigenvalue weighted by atomic mass is 16.5. The van der Waals surface area contributed by atoms with Crippen LogP contribution in [-0.2, 0) is 6.42 Å². The van der Waals surface area contributed by atoms with Crippen LogP contribution in [0.5, 0.6) is 5.75 Å². The third-order valence-corrected chi connectivity index (χ3v) is 4.69. The Morgan fingerprint density at radius 3 is 2.69 bits per heavy atom. The van der Waals surface area contributed by atoms with Crippen LogP contribution in [0.2, 0.25) is 0 Å². The molecule has 0 radical (unpaired) electrons. The molecule has 152 valence electrons. The second-order valence-electron chi connectivity index (χ2n) is 7.04. The normalized spacial score (nSPS) is 11.1. The van der Waals surface area contributed by atoms with Crippen LogP contribution in [0.3, 0.4) is 0 Å². The molecule has 3 aromatic rings. The summed E-state index contributed by atoms with van der Waals surface area (Å²) in [5.41, 5.74) is 3.15. The largest absolute Gasteiger partial charge is 0.496 e. The number of amides is 1. The quantitative estimate of drug-likeness (QED) is 0.628. The number of aromatic nitrogens is 2. The van der Waals surface area contributed by atoms with E-state index in [1.54, 1.807) is 19.1 Å². The molecule has 0 saturated heterocycles. The smallest absolute Gasteiger partial charge is 0.335 e. The number of fused-ring (bicyclic) bond motifs is 1. The van der Waals surface area contributed by atoms with Crippen molar-refractivity contribution < 1.29 is 24.0 Å². The van der Waals surface area contributed by atoms with Gasteiger partial charge in [-0.2, -0.15) is 0 Å². The molecule has 3 rings (SSSR count). The number of benzene rings is 1. The summed E-state index contributed by atoms with van der Waals surface area (Å²) in [6.07, 6.45) is 0.489. The van der Waals surface area contributed by atoms with Crippen molar-refractivity contribution in [3.8, 4) is 5.75 Å². The van der Waals surface area contributed by atoms with E-state index in [-0.39, 0.29) is 17.4 Å². The lowest BCUT2D eigenvalue weighted by Crippen LogP contribution is -2.26. The van der Waals surface area contributed by atoms with Gasteiger partial charge in [-0.25, -0.2) is 9.78 Å². The van der Waals surface area contributed by atoms with Crippen LogP contribution >= 0.6 is 0 Å². The average Bonchev–Trinajstić information content (AvgIpc) is 3.08. The first-order valence-corrected chi connectivity index (χ1v) is 9.27. The van der Waals surface area contributed by atoms with E-state index in [9.17, 15) is 9.59 Å². The van der Waals surface area contributed by atoms with E-state index in [1.165, 1.54) is 19.2 Å². The number of ether oxygens (including phenoxy) is 1. The molecule has 0 bridgehead atoms. The lowest BCUT2D eigenvalue weighted by atomic mass is 10.0. The van der Waals surface area contributed by atoms with Gasteiger partial charge in [0, 0.05) is 12.2 Å². The van der Waals surface area contributed by atoms with Crippen LogP contribution < -0.4 is 10.1 Å². The van der Waals surface area contributed by atoms with Gasteiger partial charge in [0.2, 0.25) is 0 Å². The van der Waals surface area contributed by atoms with Gasteiger partial charge in [0.05, 0.1) is 29.3 Å². The van der Waals surface area contributed by atoms with Gasteiger partial charge in [0.25, 0.3) is 11.6 Å². The van der Waals surface area contributed by atoms with Crippen LogP contribution in [0.1, 0.15) is 57.4 Å². The minimum absolute atomic E-state index is 0.133. The van der Waals surface area contributed by atoms with Crippen molar-refractivity contribution in [2.24, 2.45) is 0 Å². The van der Waals surface area contributed by atoms with E-state index in [0.29, 0.717) is 41.1 Å². The molecule has 0 unspecified atom stereocenters. The van der Waals surface area contributed by atoms with E-state index in [0.717, 1.165) is 11.3 Å². The lowest BCUT2D eigenvalue weighted by molar-refractivity contribution is 0.0696. The average molecular weight is 397 g/mol. The third kappa shape index (κ3) is 4.21. The number of hydrogen-bond acceptors (Lipinski definition) is 6. The zero-order valence-corrected chi connectivity index (χ0v) is 16.8. The van der Waals surface area contributed by atoms with Gasteiger partial charge < -0.3 is 19.7 Å². The summed E-state index contributed by atoms with van der Waals surface area (Å²) in [6, 6.07) is 6.46. The number of carbonyl (C=O) groups is 2. The third-order valence-electron chi connectivity index (χ3n) is 4.69. The Morgan fingerprint density at radius 1 is 1.28 bits per heavy atom. The summed E-state index contributed by atoms with van der Waals surface area (Å²) in [6.45, 7) is 6.11. The molecule has 0 atom stereocenters. The Bertz CT molecular complexity index is 1070. The molecule has 0 fully saturated rings. The minimum atomic E-state index is -1.02. The Kier molecular flexibility index (Phi) is 5.81. The molecular weight excluding hydrogens is 374 g/mol. The van der Waals surface area contributed by atoms with E-state index in [4.69, 9.17) is 14.4 Å². The standard InChI is InChI=1S/C21H23N3O5/c1-11(2)16-10-15(18-12(3)24-29-20(18)23-16)19(25)22-8-7-13-5-6-14(21(26)27)9-17(13)28-4/h5-6,9-11H,7-8H2,1-4H3,(H,22,25)(H,26,27). The maximum absolute atomic E-state index is 12.9. The second-order valence-corrected chi connectivity index (χ2v) is 7.04. The molecule has 0 aliphatic carbocycles. The van der Waals surface area contributed by atoms with E-state index in [2.05, 4.69) is 15.5 Å². The first-order chi connectivity index (χ1) is 13.8. The number of carboxylic acids is 1. The molecular formula is C21H23N3O5. The van der Waals surface area contributed by atoms with Gasteiger partial charge in [0.1, 0.15) is 5.75 Å². The number of nitrogens with zero attached hydrogens (tertiary/aromatic N) is 2. The van der Waals surface area contributed by atoms with Crippen LogP contribution in [0.4, 0.5) is 0 Å². The number of pyridine rings is 1. The number of carbonyl (C=O) groups excluding carboxylic acids is 1. The van der Waals surface area contributed by atoms with Crippen molar-refractivity contribution in [2.45, 2.75) is 33.1 Å². The van der Waals surface area contributed by atoms with Gasteiger partial charge in [-0.3, -0.25) is 4.79 Å². The van der Waals surface area contributed by atoms with Crippen molar-refractivity contribution in [2.75, 3.05) is 13.7 Å². The zero-order chi connectivity index (χ0) is 21.1. The fourth-order valence-corrected chi connectivity index (χ4v) is 3.08. The van der Waals surface area contributed by atoms with Crippen molar-refractivity contribution in [1.82, 2.24) is 15.5 Å². The van der Waals surface area contributed by atoms with E-state index in [1.807, 2.05) is 13.8 Å². The number of nitrogens with one attached hydrogen (secondary N) is 1. The minimum Gasteiger partial charge on any atom is -0.496 e. The van der Waals surface area contributed by atoms with Gasteiger partial charge in [-0.1, -0.05) is 25.1 Å². The number of carboxylic acid groups (broad SMARTS) is 1. The maximum atomic E-state index is 12.9. The zero-order valence-electron chi connectivity index (χ0n) is 16.8. The predicted octanol–water partition coefficient (Wildman–Crippen LogP) is 3.33. The first-order valence-electron chi connectivity index (χ1n) is 9.27. The molecule has 1 aromatic carbocycles. The summed E-state index contributed by atoms with van der Waals surface area (Å²) in [5.74, 6) is -0.655.